The molecule has 19 heavy (non-hydrogen) atoms. The Bertz CT molecular complexity index is 603. The average molecular weight is 249 g/mol. The lowest BCUT2D eigenvalue weighted by Crippen LogP contribution is -1.88. The van der Waals surface area contributed by atoms with Crippen LogP contribution in [-0.4, -0.2) is 0 Å². The molecule has 0 aliphatic heterocycles. The van der Waals surface area contributed by atoms with Crippen molar-refractivity contribution < 1.29 is 0 Å². The molecule has 1 nitrogen and oxygen atoms in total. The van der Waals surface area contributed by atoms with Gasteiger partial charge in [-0.15, -0.1) is 0 Å². The van der Waals surface area contributed by atoms with Crippen molar-refractivity contribution in [1.82, 2.24) is 0 Å². The highest BCUT2D eigenvalue weighted by Gasteiger charge is 1.99. The number of hydrogen-bond acceptors (Lipinski definition) is 1. The summed E-state index contributed by atoms with van der Waals surface area (Å²) in [4.78, 5) is 0. The molecule has 0 aliphatic rings. The first-order chi connectivity index (χ1) is 9.16. The Hall–Kier alpha value is -2.28. The number of rotatable bonds is 3. The summed E-state index contributed by atoms with van der Waals surface area (Å²) in [5.74, 6) is 0. The van der Waals surface area contributed by atoms with Crippen molar-refractivity contribution in [2.75, 3.05) is 0 Å². The quantitative estimate of drug-likeness (QED) is 0.789. The SMILES string of the molecule is C/C(N)=C\C=C(/C)c1cccc(-c2ccccc2)c1. The van der Waals surface area contributed by atoms with Gasteiger partial charge >= 0.3 is 0 Å². The van der Waals surface area contributed by atoms with Crippen molar-refractivity contribution in [3.8, 4) is 11.1 Å². The van der Waals surface area contributed by atoms with Gasteiger partial charge in [0.1, 0.15) is 0 Å². The lowest BCUT2D eigenvalue weighted by Gasteiger charge is -2.06. The van der Waals surface area contributed by atoms with E-state index >= 15 is 0 Å². The second kappa shape index (κ2) is 6.05. The summed E-state index contributed by atoms with van der Waals surface area (Å²) in [6, 6.07) is 19.0. The molecule has 1 heteroatoms. The first kappa shape index (κ1) is 13.2. The van der Waals surface area contributed by atoms with Gasteiger partial charge in [-0.1, -0.05) is 54.6 Å². The van der Waals surface area contributed by atoms with E-state index in [2.05, 4.69) is 61.5 Å². The van der Waals surface area contributed by atoms with Gasteiger partial charge in [0.05, 0.1) is 0 Å². The highest BCUT2D eigenvalue weighted by Crippen LogP contribution is 2.23. The number of nitrogens with two attached hydrogens (primary N) is 1. The van der Waals surface area contributed by atoms with E-state index in [1.165, 1.54) is 22.3 Å². The Morgan fingerprint density at radius 3 is 2.21 bits per heavy atom. The van der Waals surface area contributed by atoms with Crippen LogP contribution in [0.1, 0.15) is 19.4 Å². The van der Waals surface area contributed by atoms with Crippen LogP contribution < -0.4 is 5.73 Å². The highest BCUT2D eigenvalue weighted by atomic mass is 14.5. The molecule has 2 aromatic rings. The lowest BCUT2D eigenvalue weighted by atomic mass is 9.99. The third kappa shape index (κ3) is 3.59. The predicted molar refractivity (Wildman–Crippen MR) is 83.5 cm³/mol. The molecule has 0 unspecified atom stereocenters. The maximum Gasteiger partial charge on any atom is 0.00489 e. The Morgan fingerprint density at radius 2 is 1.53 bits per heavy atom. The standard InChI is InChI=1S/C18H19N/c1-14(11-12-15(2)19)17-9-6-10-18(13-17)16-7-4-3-5-8-16/h3-13H,19H2,1-2H3/b14-11+,15-12+. The smallest absolute Gasteiger partial charge is 0.00489 e. The zero-order valence-corrected chi connectivity index (χ0v) is 11.4. The molecule has 0 spiro atoms. The highest BCUT2D eigenvalue weighted by molar-refractivity contribution is 5.72. The first-order valence-corrected chi connectivity index (χ1v) is 6.43. The summed E-state index contributed by atoms with van der Waals surface area (Å²) in [5, 5.41) is 0. The fourth-order valence-electron chi connectivity index (χ4n) is 1.93. The molecule has 0 aliphatic carbocycles. The van der Waals surface area contributed by atoms with Crippen molar-refractivity contribution in [1.29, 1.82) is 0 Å². The van der Waals surface area contributed by atoms with E-state index < -0.39 is 0 Å². The largest absolute Gasteiger partial charge is 0.402 e. The van der Waals surface area contributed by atoms with Gasteiger partial charge in [0.25, 0.3) is 0 Å². The van der Waals surface area contributed by atoms with Crippen molar-refractivity contribution >= 4 is 5.57 Å². The van der Waals surface area contributed by atoms with Crippen molar-refractivity contribution in [2.45, 2.75) is 13.8 Å². The van der Waals surface area contributed by atoms with E-state index in [0.717, 1.165) is 5.70 Å². The normalized spacial score (nSPS) is 12.5. The van der Waals surface area contributed by atoms with Crippen LogP contribution in [0.3, 0.4) is 0 Å². The van der Waals surface area contributed by atoms with Crippen molar-refractivity contribution in [3.63, 3.8) is 0 Å². The van der Waals surface area contributed by atoms with Crippen LogP contribution in [0, 0.1) is 0 Å². The third-order valence-electron chi connectivity index (χ3n) is 3.02. The minimum atomic E-state index is 0.818. The molecule has 2 aromatic carbocycles. The van der Waals surface area contributed by atoms with E-state index in [0.29, 0.717) is 0 Å². The molecular weight excluding hydrogens is 230 g/mol. The van der Waals surface area contributed by atoms with Gasteiger partial charge in [-0.25, -0.2) is 0 Å². The molecule has 2 N–H and O–H groups in total. The average Bonchev–Trinajstić information content (AvgIpc) is 2.46. The Balaban J connectivity index is 2.35. The van der Waals surface area contributed by atoms with Crippen LogP contribution in [0.5, 0.6) is 0 Å². The summed E-state index contributed by atoms with van der Waals surface area (Å²) in [6.45, 7) is 3.99. The van der Waals surface area contributed by atoms with Gasteiger partial charge in [0.2, 0.25) is 0 Å². The fourth-order valence-corrected chi connectivity index (χ4v) is 1.93. The molecule has 0 fully saturated rings. The molecule has 0 radical (unpaired) electrons. The van der Waals surface area contributed by atoms with E-state index in [1.54, 1.807) is 0 Å². The van der Waals surface area contributed by atoms with Gasteiger partial charge in [-0.05, 0) is 48.3 Å². The molecule has 0 saturated carbocycles. The molecule has 0 saturated heterocycles. The van der Waals surface area contributed by atoms with Crippen LogP contribution in [0.15, 0.2) is 72.4 Å². The molecular formula is C18H19N. The Kier molecular flexibility index (Phi) is 4.19. The molecule has 0 atom stereocenters. The third-order valence-corrected chi connectivity index (χ3v) is 3.02. The minimum Gasteiger partial charge on any atom is -0.402 e. The van der Waals surface area contributed by atoms with Crippen LogP contribution in [0.4, 0.5) is 0 Å². The summed E-state index contributed by atoms with van der Waals surface area (Å²) >= 11 is 0. The monoisotopic (exact) mass is 249 g/mol. The van der Waals surface area contributed by atoms with Gasteiger partial charge in [0.15, 0.2) is 0 Å². The summed E-state index contributed by atoms with van der Waals surface area (Å²) in [7, 11) is 0. The van der Waals surface area contributed by atoms with E-state index in [9.17, 15) is 0 Å². The minimum absolute atomic E-state index is 0.818. The second-order valence-electron chi connectivity index (χ2n) is 4.71. The van der Waals surface area contributed by atoms with Gasteiger partial charge in [-0.2, -0.15) is 0 Å². The second-order valence-corrected chi connectivity index (χ2v) is 4.71. The van der Waals surface area contributed by atoms with Crippen LogP contribution in [0.2, 0.25) is 0 Å². The van der Waals surface area contributed by atoms with Crippen molar-refractivity contribution in [2.24, 2.45) is 5.73 Å². The number of allylic oxidation sites excluding steroid dienone is 4. The maximum atomic E-state index is 5.66. The van der Waals surface area contributed by atoms with Crippen molar-refractivity contribution in [3.05, 3.63) is 78.0 Å². The van der Waals surface area contributed by atoms with Gasteiger partial charge in [0, 0.05) is 5.70 Å². The molecule has 0 bridgehead atoms. The van der Waals surface area contributed by atoms with Gasteiger partial charge in [-0.3, -0.25) is 0 Å². The zero-order valence-electron chi connectivity index (χ0n) is 11.4. The summed E-state index contributed by atoms with van der Waals surface area (Å²) < 4.78 is 0. The first-order valence-electron chi connectivity index (χ1n) is 6.43. The molecule has 0 aromatic heterocycles. The molecule has 96 valence electrons. The number of benzene rings is 2. The molecule has 0 amide bonds. The van der Waals surface area contributed by atoms with Crippen LogP contribution >= 0.6 is 0 Å². The molecule has 2 rings (SSSR count). The van der Waals surface area contributed by atoms with Gasteiger partial charge < -0.3 is 5.73 Å². The topological polar surface area (TPSA) is 26.0 Å². The summed E-state index contributed by atoms with van der Waals surface area (Å²) in [5.41, 5.74) is 11.4. The van der Waals surface area contributed by atoms with E-state index in [4.69, 9.17) is 5.73 Å². The predicted octanol–water partition coefficient (Wildman–Crippen LogP) is 4.62. The van der Waals surface area contributed by atoms with E-state index in [-0.39, 0.29) is 0 Å². The Morgan fingerprint density at radius 1 is 0.842 bits per heavy atom. The van der Waals surface area contributed by atoms with Crippen LogP contribution in [-0.2, 0) is 0 Å². The molecule has 0 heterocycles. The van der Waals surface area contributed by atoms with Crippen LogP contribution in [0.25, 0.3) is 16.7 Å². The van der Waals surface area contributed by atoms with E-state index in [1.807, 2.05) is 19.1 Å². The maximum absolute atomic E-state index is 5.66. The zero-order chi connectivity index (χ0) is 13.7. The Labute approximate surface area is 115 Å². The fraction of sp³-hybridized carbons (Fsp3) is 0.111. The summed E-state index contributed by atoms with van der Waals surface area (Å²) in [6.07, 6.45) is 3.99. The lowest BCUT2D eigenvalue weighted by molar-refractivity contribution is 1.32. The number of hydrogen-bond donors (Lipinski definition) is 1.